The number of ether oxygens (including phenoxy) is 5. The number of hydrogen-bond donors (Lipinski definition) is 0. The van der Waals surface area contributed by atoms with E-state index in [1.54, 1.807) is 21.3 Å². The van der Waals surface area contributed by atoms with Crippen LogP contribution in [-0.2, 0) is 15.9 Å². The highest BCUT2D eigenvalue weighted by atomic mass is 16.6. The number of hydrogen-bond acceptors (Lipinski definition) is 7. The topological polar surface area (TPSA) is 76.1 Å². The molecular weight excluding hydrogens is 434 g/mol. The van der Waals surface area contributed by atoms with Crippen molar-refractivity contribution in [1.82, 2.24) is 4.98 Å². The van der Waals surface area contributed by atoms with Crippen molar-refractivity contribution in [2.75, 3.05) is 41.2 Å². The van der Waals surface area contributed by atoms with Crippen molar-refractivity contribution >= 4 is 28.5 Å². The Morgan fingerprint density at radius 1 is 1.00 bits per heavy atom. The molecule has 7 heteroatoms. The van der Waals surface area contributed by atoms with Gasteiger partial charge in [-0.3, -0.25) is 0 Å². The minimum atomic E-state index is -0.344. The van der Waals surface area contributed by atoms with Crippen LogP contribution in [0.15, 0.2) is 36.4 Å². The molecule has 34 heavy (non-hydrogen) atoms. The Bertz CT molecular complexity index is 1210. The molecule has 0 radical (unpaired) electrons. The fraction of sp³-hybridized carbons (Fsp3) is 0.333. The molecule has 3 aromatic rings. The zero-order valence-electron chi connectivity index (χ0n) is 20.0. The fourth-order valence-corrected chi connectivity index (χ4v) is 4.31. The van der Waals surface area contributed by atoms with E-state index in [1.807, 2.05) is 43.3 Å². The van der Waals surface area contributed by atoms with Crippen LogP contribution in [0.3, 0.4) is 0 Å². The summed E-state index contributed by atoms with van der Waals surface area (Å²) in [5.41, 5.74) is 5.02. The number of carbonyl (C=O) groups is 1. The van der Waals surface area contributed by atoms with Crippen molar-refractivity contribution in [2.45, 2.75) is 19.8 Å². The molecular formula is C27H29NO6. The number of esters is 1. The second-order valence-electron chi connectivity index (χ2n) is 7.79. The van der Waals surface area contributed by atoms with E-state index in [4.69, 9.17) is 28.7 Å². The molecule has 0 fully saturated rings. The number of benzene rings is 2. The van der Waals surface area contributed by atoms with Gasteiger partial charge in [0.15, 0.2) is 11.5 Å². The van der Waals surface area contributed by atoms with Crippen LogP contribution in [0.4, 0.5) is 0 Å². The minimum Gasteiger partial charge on any atom is -0.493 e. The zero-order chi connectivity index (χ0) is 24.1. The predicted molar refractivity (Wildman–Crippen MR) is 131 cm³/mol. The molecule has 178 valence electrons. The third-order valence-electron chi connectivity index (χ3n) is 5.84. The number of carbonyl (C=O) groups excluding carboxylic acids is 1. The number of methoxy groups -OCH3 is 3. The maximum atomic E-state index is 13.1. The van der Waals surface area contributed by atoms with E-state index in [0.717, 1.165) is 39.7 Å². The molecule has 1 aliphatic carbocycles. The van der Waals surface area contributed by atoms with Gasteiger partial charge in [0.1, 0.15) is 6.61 Å². The first-order chi connectivity index (χ1) is 16.6. The third kappa shape index (κ3) is 4.56. The molecule has 4 rings (SSSR count). The second kappa shape index (κ2) is 10.6. The first-order valence-corrected chi connectivity index (χ1v) is 11.3. The molecule has 0 spiro atoms. The standard InChI is InChI=1S/C27H29NO6/c1-5-33-12-13-34-27(29)24-19-8-6-7-9-21(19)28-25-18(10-11-20(24)25)14-17-15-22(30-2)26(32-4)23(16-17)31-3/h6-9,14-16H,5,10-13H2,1-4H3/b18-14+. The molecule has 1 aromatic heterocycles. The largest absolute Gasteiger partial charge is 0.493 e. The molecule has 0 aliphatic heterocycles. The second-order valence-corrected chi connectivity index (χ2v) is 7.79. The lowest BCUT2D eigenvalue weighted by Crippen LogP contribution is -2.14. The van der Waals surface area contributed by atoms with Gasteiger partial charge in [-0.15, -0.1) is 0 Å². The van der Waals surface area contributed by atoms with E-state index in [-0.39, 0.29) is 12.6 Å². The van der Waals surface area contributed by atoms with Gasteiger partial charge in [-0.2, -0.15) is 0 Å². The molecule has 7 nitrogen and oxygen atoms in total. The highest BCUT2D eigenvalue weighted by Gasteiger charge is 2.27. The van der Waals surface area contributed by atoms with Crippen LogP contribution in [0.5, 0.6) is 17.2 Å². The summed E-state index contributed by atoms with van der Waals surface area (Å²) in [6, 6.07) is 11.5. The number of rotatable bonds is 9. The van der Waals surface area contributed by atoms with Gasteiger partial charge in [-0.25, -0.2) is 9.78 Å². The van der Waals surface area contributed by atoms with Gasteiger partial charge in [0.05, 0.1) is 44.7 Å². The highest BCUT2D eigenvalue weighted by molar-refractivity contribution is 6.07. The normalized spacial score (nSPS) is 13.7. The van der Waals surface area contributed by atoms with Crippen LogP contribution in [-0.4, -0.2) is 52.1 Å². The van der Waals surface area contributed by atoms with Crippen LogP contribution >= 0.6 is 0 Å². The lowest BCUT2D eigenvalue weighted by Gasteiger charge is -2.14. The smallest absolute Gasteiger partial charge is 0.339 e. The molecule has 1 heterocycles. The summed E-state index contributed by atoms with van der Waals surface area (Å²) in [7, 11) is 4.77. The van der Waals surface area contributed by atoms with Crippen molar-refractivity contribution < 1.29 is 28.5 Å². The van der Waals surface area contributed by atoms with Gasteiger partial charge in [-0.05, 0) is 60.7 Å². The summed E-state index contributed by atoms with van der Waals surface area (Å²) < 4.78 is 27.3. The predicted octanol–water partition coefficient (Wildman–Crippen LogP) is 4.94. The maximum Gasteiger partial charge on any atom is 0.339 e. The number of para-hydroxylation sites is 1. The van der Waals surface area contributed by atoms with Crippen LogP contribution in [0.2, 0.25) is 0 Å². The Labute approximate surface area is 199 Å². The van der Waals surface area contributed by atoms with Crippen molar-refractivity contribution in [2.24, 2.45) is 0 Å². The third-order valence-corrected chi connectivity index (χ3v) is 5.84. The molecule has 0 N–H and O–H groups in total. The molecule has 0 amide bonds. The summed E-state index contributed by atoms with van der Waals surface area (Å²) in [4.78, 5) is 18.0. The number of fused-ring (bicyclic) bond motifs is 2. The molecule has 1 aliphatic rings. The Balaban J connectivity index is 1.78. The van der Waals surface area contributed by atoms with Gasteiger partial charge in [-0.1, -0.05) is 18.2 Å². The molecule has 0 saturated heterocycles. The summed E-state index contributed by atoms with van der Waals surface area (Å²) in [6.07, 6.45) is 3.52. The van der Waals surface area contributed by atoms with E-state index >= 15 is 0 Å². The molecule has 0 unspecified atom stereocenters. The summed E-state index contributed by atoms with van der Waals surface area (Å²) in [5, 5.41) is 0.802. The van der Waals surface area contributed by atoms with Gasteiger partial charge in [0.2, 0.25) is 5.75 Å². The van der Waals surface area contributed by atoms with Crippen molar-refractivity contribution in [3.63, 3.8) is 0 Å². The first kappa shape index (κ1) is 23.6. The van der Waals surface area contributed by atoms with Gasteiger partial charge in [0, 0.05) is 12.0 Å². The maximum absolute atomic E-state index is 13.1. The van der Waals surface area contributed by atoms with E-state index in [0.29, 0.717) is 42.4 Å². The first-order valence-electron chi connectivity index (χ1n) is 11.3. The quantitative estimate of drug-likeness (QED) is 0.329. The molecule has 0 atom stereocenters. The Morgan fingerprint density at radius 2 is 1.74 bits per heavy atom. The SMILES string of the molecule is CCOCCOC(=O)c1c2c(nc3ccccc13)/C(=C/c1cc(OC)c(OC)c(OC)c1)CC2. The lowest BCUT2D eigenvalue weighted by molar-refractivity contribution is 0.0336. The molecule has 2 aromatic carbocycles. The highest BCUT2D eigenvalue weighted by Crippen LogP contribution is 2.41. The van der Waals surface area contributed by atoms with Crippen LogP contribution in [0.25, 0.3) is 22.6 Å². The summed E-state index contributed by atoms with van der Waals surface area (Å²) in [6.45, 7) is 3.08. The van der Waals surface area contributed by atoms with E-state index < -0.39 is 0 Å². The average molecular weight is 464 g/mol. The Morgan fingerprint density at radius 3 is 2.41 bits per heavy atom. The van der Waals surface area contributed by atoms with Crippen LogP contribution in [0.1, 0.15) is 40.5 Å². The fourth-order valence-electron chi connectivity index (χ4n) is 4.31. The van der Waals surface area contributed by atoms with Gasteiger partial charge in [0.25, 0.3) is 0 Å². The van der Waals surface area contributed by atoms with Crippen molar-refractivity contribution in [3.05, 3.63) is 58.8 Å². The average Bonchev–Trinajstić information content (AvgIpc) is 3.26. The van der Waals surface area contributed by atoms with Gasteiger partial charge < -0.3 is 23.7 Å². The minimum absolute atomic E-state index is 0.215. The zero-order valence-corrected chi connectivity index (χ0v) is 20.0. The van der Waals surface area contributed by atoms with Gasteiger partial charge >= 0.3 is 5.97 Å². The number of allylic oxidation sites excluding steroid dienone is 1. The number of pyridine rings is 1. The van der Waals surface area contributed by atoms with Crippen LogP contribution in [0, 0.1) is 0 Å². The molecule has 0 bridgehead atoms. The summed E-state index contributed by atoms with van der Waals surface area (Å²) >= 11 is 0. The lowest BCUT2D eigenvalue weighted by atomic mass is 10.0. The van der Waals surface area contributed by atoms with Crippen LogP contribution < -0.4 is 14.2 Å². The van der Waals surface area contributed by atoms with E-state index in [9.17, 15) is 4.79 Å². The van der Waals surface area contributed by atoms with E-state index in [2.05, 4.69) is 6.08 Å². The monoisotopic (exact) mass is 463 g/mol. The van der Waals surface area contributed by atoms with Crippen molar-refractivity contribution in [3.8, 4) is 17.2 Å². The summed E-state index contributed by atoms with van der Waals surface area (Å²) in [5.74, 6) is 1.36. The number of aromatic nitrogens is 1. The molecule has 0 saturated carbocycles. The van der Waals surface area contributed by atoms with E-state index in [1.165, 1.54) is 0 Å². The van der Waals surface area contributed by atoms with Crippen molar-refractivity contribution in [1.29, 1.82) is 0 Å². The number of nitrogens with zero attached hydrogens (tertiary/aromatic N) is 1. The Kier molecular flexibility index (Phi) is 7.33. The Hall–Kier alpha value is -3.58.